The van der Waals surface area contributed by atoms with Crippen LogP contribution in [0.25, 0.3) is 10.9 Å². The Morgan fingerprint density at radius 3 is 2.79 bits per heavy atom. The molecule has 0 radical (unpaired) electrons. The van der Waals surface area contributed by atoms with E-state index in [4.69, 9.17) is 4.74 Å². The van der Waals surface area contributed by atoms with Gasteiger partial charge in [0.05, 0.1) is 12.1 Å². The highest BCUT2D eigenvalue weighted by molar-refractivity contribution is 5.78. The minimum atomic E-state index is -0.0476. The Balaban J connectivity index is 2.42. The van der Waals surface area contributed by atoms with Gasteiger partial charge in [0, 0.05) is 6.07 Å². The Bertz CT molecular complexity index is 540. The van der Waals surface area contributed by atoms with Crippen LogP contribution in [0.4, 0.5) is 0 Å². The maximum Gasteiger partial charge on any atom is 0.253 e. The third-order valence-corrected chi connectivity index (χ3v) is 2.44. The molecule has 2 heterocycles. The molecule has 1 saturated heterocycles. The standard InChI is InChI=1S/C11H9NO2/c13-10-6-5-8-3-1-2-4-9(8)12(10)11-7-14-11/h1-6,11H,7H2. The normalized spacial score (nSPS) is 19.9. The van der Waals surface area contributed by atoms with Crippen molar-refractivity contribution in [2.45, 2.75) is 6.23 Å². The zero-order valence-corrected chi connectivity index (χ0v) is 7.51. The van der Waals surface area contributed by atoms with Crippen LogP contribution < -0.4 is 5.56 Å². The van der Waals surface area contributed by atoms with Gasteiger partial charge >= 0.3 is 0 Å². The maximum absolute atomic E-state index is 11.6. The molecule has 70 valence electrons. The lowest BCUT2D eigenvalue weighted by Crippen LogP contribution is -2.18. The van der Waals surface area contributed by atoms with Gasteiger partial charge in [-0.25, -0.2) is 0 Å². The van der Waals surface area contributed by atoms with E-state index in [0.717, 1.165) is 10.9 Å². The number of aromatic nitrogens is 1. The van der Waals surface area contributed by atoms with E-state index >= 15 is 0 Å². The van der Waals surface area contributed by atoms with Crippen LogP contribution in [0.2, 0.25) is 0 Å². The number of para-hydroxylation sites is 1. The Morgan fingerprint density at radius 1 is 1.21 bits per heavy atom. The molecule has 3 heteroatoms. The lowest BCUT2D eigenvalue weighted by molar-refractivity contribution is 0.355. The lowest BCUT2D eigenvalue weighted by atomic mass is 10.2. The fourth-order valence-corrected chi connectivity index (χ4v) is 1.70. The van der Waals surface area contributed by atoms with Crippen LogP contribution in [-0.4, -0.2) is 11.2 Å². The number of epoxide rings is 1. The van der Waals surface area contributed by atoms with Crippen molar-refractivity contribution in [1.29, 1.82) is 0 Å². The van der Waals surface area contributed by atoms with Gasteiger partial charge in [-0.1, -0.05) is 18.2 Å². The Hall–Kier alpha value is -1.61. The molecule has 0 saturated carbocycles. The van der Waals surface area contributed by atoms with E-state index in [2.05, 4.69) is 0 Å². The van der Waals surface area contributed by atoms with E-state index in [1.165, 1.54) is 0 Å². The molecule has 1 atom stereocenters. The third kappa shape index (κ3) is 1.06. The molecule has 1 aliphatic rings. The molecule has 3 nitrogen and oxygen atoms in total. The summed E-state index contributed by atoms with van der Waals surface area (Å²) < 4.78 is 6.85. The first-order chi connectivity index (χ1) is 6.86. The second kappa shape index (κ2) is 2.69. The van der Waals surface area contributed by atoms with Crippen LogP contribution in [0, 0.1) is 0 Å². The Labute approximate surface area is 80.5 Å². The zero-order valence-electron chi connectivity index (χ0n) is 7.51. The first-order valence-corrected chi connectivity index (χ1v) is 4.58. The molecule has 0 N–H and O–H groups in total. The molecule has 1 unspecified atom stereocenters. The smallest absolute Gasteiger partial charge is 0.253 e. The zero-order chi connectivity index (χ0) is 9.54. The van der Waals surface area contributed by atoms with Gasteiger partial charge in [-0.15, -0.1) is 0 Å². The van der Waals surface area contributed by atoms with Gasteiger partial charge in [-0.3, -0.25) is 9.36 Å². The Kier molecular flexibility index (Phi) is 1.49. The van der Waals surface area contributed by atoms with Gasteiger partial charge in [0.2, 0.25) is 0 Å². The van der Waals surface area contributed by atoms with Crippen LogP contribution in [-0.2, 0) is 4.74 Å². The highest BCUT2D eigenvalue weighted by Gasteiger charge is 2.26. The molecule has 1 aromatic carbocycles. The lowest BCUT2D eigenvalue weighted by Gasteiger charge is -2.05. The Morgan fingerprint density at radius 2 is 2.00 bits per heavy atom. The van der Waals surface area contributed by atoms with Crippen molar-refractivity contribution in [3.05, 3.63) is 46.8 Å². The molecule has 3 rings (SSSR count). The number of hydrogen-bond acceptors (Lipinski definition) is 2. The quantitative estimate of drug-likeness (QED) is 0.634. The highest BCUT2D eigenvalue weighted by atomic mass is 16.6. The monoisotopic (exact) mass is 187 g/mol. The van der Waals surface area contributed by atoms with Crippen LogP contribution in [0.3, 0.4) is 0 Å². The largest absolute Gasteiger partial charge is 0.351 e. The van der Waals surface area contributed by atoms with Crippen LogP contribution in [0.15, 0.2) is 41.2 Å². The van der Waals surface area contributed by atoms with E-state index < -0.39 is 0 Å². The summed E-state index contributed by atoms with van der Waals surface area (Å²) in [5.74, 6) is 0. The van der Waals surface area contributed by atoms with E-state index in [1.807, 2.05) is 30.3 Å². The predicted molar refractivity (Wildman–Crippen MR) is 53.2 cm³/mol. The summed E-state index contributed by atoms with van der Waals surface area (Å²) in [6.07, 6.45) is -0.0476. The maximum atomic E-state index is 11.6. The molecule has 0 aliphatic carbocycles. The minimum absolute atomic E-state index is 0.00574. The predicted octanol–water partition coefficient (Wildman–Crippen LogP) is 1.53. The topological polar surface area (TPSA) is 34.5 Å². The van der Waals surface area contributed by atoms with Gasteiger partial charge < -0.3 is 4.74 Å². The second-order valence-corrected chi connectivity index (χ2v) is 3.39. The molecule has 1 aliphatic heterocycles. The van der Waals surface area contributed by atoms with Gasteiger partial charge in [0.25, 0.3) is 5.56 Å². The summed E-state index contributed by atoms with van der Waals surface area (Å²) in [7, 11) is 0. The van der Waals surface area contributed by atoms with E-state index in [0.29, 0.717) is 6.61 Å². The number of ether oxygens (including phenoxy) is 1. The molecule has 0 bridgehead atoms. The fraction of sp³-hybridized carbons (Fsp3) is 0.182. The summed E-state index contributed by atoms with van der Waals surface area (Å²) in [4.78, 5) is 11.6. The average Bonchev–Trinajstić information content (AvgIpc) is 3.01. The summed E-state index contributed by atoms with van der Waals surface area (Å²) in [6, 6.07) is 11.3. The minimum Gasteiger partial charge on any atom is -0.351 e. The van der Waals surface area contributed by atoms with Crippen molar-refractivity contribution in [3.63, 3.8) is 0 Å². The number of benzene rings is 1. The number of hydrogen-bond donors (Lipinski definition) is 0. The van der Waals surface area contributed by atoms with Crippen molar-refractivity contribution >= 4 is 10.9 Å². The molecule has 0 spiro atoms. The number of rotatable bonds is 1. The molecule has 14 heavy (non-hydrogen) atoms. The first-order valence-electron chi connectivity index (χ1n) is 4.58. The van der Waals surface area contributed by atoms with Crippen molar-refractivity contribution in [2.75, 3.05) is 6.61 Å². The van der Waals surface area contributed by atoms with Crippen LogP contribution in [0.1, 0.15) is 6.23 Å². The van der Waals surface area contributed by atoms with E-state index in [9.17, 15) is 4.79 Å². The third-order valence-electron chi connectivity index (χ3n) is 2.44. The molecule has 1 fully saturated rings. The number of nitrogens with zero attached hydrogens (tertiary/aromatic N) is 1. The molecular formula is C11H9NO2. The van der Waals surface area contributed by atoms with Gasteiger partial charge in [-0.2, -0.15) is 0 Å². The number of fused-ring (bicyclic) bond motifs is 1. The summed E-state index contributed by atoms with van der Waals surface area (Å²) in [5.41, 5.74) is 0.953. The molecule has 0 amide bonds. The molecule has 2 aromatic rings. The van der Waals surface area contributed by atoms with Crippen molar-refractivity contribution in [2.24, 2.45) is 0 Å². The SMILES string of the molecule is O=c1ccc2ccccc2n1C1CO1. The van der Waals surface area contributed by atoms with Crippen molar-refractivity contribution in [1.82, 2.24) is 4.57 Å². The van der Waals surface area contributed by atoms with Crippen molar-refractivity contribution in [3.8, 4) is 0 Å². The van der Waals surface area contributed by atoms with E-state index in [-0.39, 0.29) is 11.8 Å². The van der Waals surface area contributed by atoms with Gasteiger partial charge in [0.1, 0.15) is 0 Å². The van der Waals surface area contributed by atoms with Gasteiger partial charge in [0.15, 0.2) is 6.23 Å². The van der Waals surface area contributed by atoms with Crippen LogP contribution >= 0.6 is 0 Å². The van der Waals surface area contributed by atoms with Crippen molar-refractivity contribution < 1.29 is 4.74 Å². The summed E-state index contributed by atoms with van der Waals surface area (Å²) in [6.45, 7) is 0.647. The summed E-state index contributed by atoms with van der Waals surface area (Å²) >= 11 is 0. The highest BCUT2D eigenvalue weighted by Crippen LogP contribution is 2.25. The summed E-state index contributed by atoms with van der Waals surface area (Å²) in [5, 5.41) is 1.07. The second-order valence-electron chi connectivity index (χ2n) is 3.39. The molecule has 1 aromatic heterocycles. The first kappa shape index (κ1) is 7.76. The van der Waals surface area contributed by atoms with Crippen LogP contribution in [0.5, 0.6) is 0 Å². The molecular weight excluding hydrogens is 178 g/mol. The number of pyridine rings is 1. The fourth-order valence-electron chi connectivity index (χ4n) is 1.70. The average molecular weight is 187 g/mol. The van der Waals surface area contributed by atoms with E-state index in [1.54, 1.807) is 10.6 Å². The van der Waals surface area contributed by atoms with Gasteiger partial charge in [-0.05, 0) is 17.5 Å².